The molecule has 0 spiro atoms. The molecular weight excluding hydrogens is 255 g/mol. The van der Waals surface area contributed by atoms with Gasteiger partial charge in [-0.15, -0.1) is 0 Å². The Labute approximate surface area is 118 Å². The summed E-state index contributed by atoms with van der Waals surface area (Å²) in [5.41, 5.74) is 1.43. The summed E-state index contributed by atoms with van der Waals surface area (Å²) < 4.78 is 12.9. The molecular formula is C16H20FN2O+. The van der Waals surface area contributed by atoms with Crippen molar-refractivity contribution >= 4 is 11.5 Å². The number of anilines is 1. The minimum atomic E-state index is -0.266. The second kappa shape index (κ2) is 5.75. The van der Waals surface area contributed by atoms with E-state index in [4.69, 9.17) is 0 Å². The molecule has 2 aliphatic rings. The summed E-state index contributed by atoms with van der Waals surface area (Å²) in [5, 5.41) is 3.12. The number of piperidine rings is 1. The Balaban J connectivity index is 1.68. The molecule has 1 fully saturated rings. The molecule has 20 heavy (non-hydrogen) atoms. The van der Waals surface area contributed by atoms with Crippen LogP contribution >= 0.6 is 0 Å². The Morgan fingerprint density at radius 2 is 1.80 bits per heavy atom. The predicted octanol–water partition coefficient (Wildman–Crippen LogP) is 1.53. The number of likely N-dealkylation sites (tertiary alicyclic amines) is 1. The Morgan fingerprint density at radius 3 is 2.50 bits per heavy atom. The molecule has 3 nitrogen and oxygen atoms in total. The molecule has 0 saturated carbocycles. The van der Waals surface area contributed by atoms with Crippen LogP contribution in [0.5, 0.6) is 0 Å². The lowest BCUT2D eigenvalue weighted by Crippen LogP contribution is -3.16. The zero-order chi connectivity index (χ0) is 13.9. The van der Waals surface area contributed by atoms with E-state index in [0.29, 0.717) is 18.2 Å². The fourth-order valence-electron chi connectivity index (χ4n) is 3.10. The fraction of sp³-hybridized carbons (Fsp3) is 0.438. The lowest BCUT2D eigenvalue weighted by molar-refractivity contribution is -0.922. The molecule has 0 amide bonds. The molecule has 3 rings (SSSR count). The molecule has 4 heteroatoms. The van der Waals surface area contributed by atoms with Gasteiger partial charge in [0.25, 0.3) is 0 Å². The summed E-state index contributed by atoms with van der Waals surface area (Å²) in [7, 11) is 0. The van der Waals surface area contributed by atoms with Gasteiger partial charge in [0.2, 0.25) is 0 Å². The number of Topliss-reactive ketones (excluding diaryl/α,β-unsaturated/α-hetero) is 1. The molecule has 106 valence electrons. The first-order valence-corrected chi connectivity index (χ1v) is 7.34. The average Bonchev–Trinajstić information content (AvgIpc) is 2.84. The van der Waals surface area contributed by atoms with Crippen molar-refractivity contribution in [3.05, 3.63) is 41.9 Å². The molecule has 0 unspecified atom stereocenters. The number of carbonyl (C=O) groups is 1. The van der Waals surface area contributed by atoms with Gasteiger partial charge < -0.3 is 10.2 Å². The van der Waals surface area contributed by atoms with Crippen molar-refractivity contribution in [1.82, 2.24) is 0 Å². The molecule has 1 heterocycles. The minimum Gasteiger partial charge on any atom is -0.353 e. The van der Waals surface area contributed by atoms with E-state index in [0.717, 1.165) is 18.8 Å². The number of hydrogen-bond donors (Lipinski definition) is 2. The lowest BCUT2D eigenvalue weighted by Gasteiger charge is -2.27. The van der Waals surface area contributed by atoms with E-state index in [2.05, 4.69) is 11.4 Å². The molecule has 1 aromatic rings. The third kappa shape index (κ3) is 2.90. The van der Waals surface area contributed by atoms with Gasteiger partial charge in [0, 0.05) is 11.8 Å². The van der Waals surface area contributed by atoms with Gasteiger partial charge in [0.1, 0.15) is 11.9 Å². The van der Waals surface area contributed by atoms with Crippen molar-refractivity contribution in [2.24, 2.45) is 0 Å². The van der Waals surface area contributed by atoms with Crippen LogP contribution in [-0.2, 0) is 4.79 Å². The summed E-state index contributed by atoms with van der Waals surface area (Å²) in [6.07, 6.45) is 6.49. The van der Waals surface area contributed by atoms with E-state index in [1.54, 1.807) is 12.1 Å². The third-order valence-corrected chi connectivity index (χ3v) is 4.22. The third-order valence-electron chi connectivity index (χ3n) is 4.22. The van der Waals surface area contributed by atoms with Crippen LogP contribution in [0.1, 0.15) is 25.7 Å². The quantitative estimate of drug-likeness (QED) is 0.877. The van der Waals surface area contributed by atoms with Crippen LogP contribution < -0.4 is 10.2 Å². The van der Waals surface area contributed by atoms with Crippen molar-refractivity contribution in [1.29, 1.82) is 0 Å². The molecule has 1 aliphatic heterocycles. The van der Waals surface area contributed by atoms with Gasteiger partial charge >= 0.3 is 0 Å². The van der Waals surface area contributed by atoms with Crippen molar-refractivity contribution in [2.75, 3.05) is 18.4 Å². The number of allylic oxidation sites excluding steroid dienone is 1. The van der Waals surface area contributed by atoms with Crippen molar-refractivity contribution < 1.29 is 14.1 Å². The van der Waals surface area contributed by atoms with E-state index >= 15 is 0 Å². The van der Waals surface area contributed by atoms with Crippen LogP contribution in [0.15, 0.2) is 36.0 Å². The molecule has 0 radical (unpaired) electrons. The Morgan fingerprint density at radius 1 is 1.10 bits per heavy atom. The highest BCUT2D eigenvalue weighted by molar-refractivity contribution is 6.00. The van der Waals surface area contributed by atoms with Crippen LogP contribution in [0.25, 0.3) is 0 Å². The van der Waals surface area contributed by atoms with E-state index < -0.39 is 0 Å². The summed E-state index contributed by atoms with van der Waals surface area (Å²) in [6.45, 7) is 2.33. The van der Waals surface area contributed by atoms with Gasteiger partial charge in [0.15, 0.2) is 5.78 Å². The highest BCUT2D eigenvalue weighted by atomic mass is 19.1. The summed E-state index contributed by atoms with van der Waals surface area (Å²) in [6, 6.07) is 6.42. The largest absolute Gasteiger partial charge is 0.353 e. The number of hydrogen-bond acceptors (Lipinski definition) is 2. The van der Waals surface area contributed by atoms with Gasteiger partial charge in [-0.25, -0.2) is 4.39 Å². The number of quaternary nitrogens is 1. The van der Waals surface area contributed by atoms with Gasteiger partial charge in [-0.3, -0.25) is 4.79 Å². The zero-order valence-electron chi connectivity index (χ0n) is 11.5. The topological polar surface area (TPSA) is 33.5 Å². The summed E-state index contributed by atoms with van der Waals surface area (Å²) >= 11 is 0. The molecule has 1 aromatic carbocycles. The van der Waals surface area contributed by atoms with Crippen LogP contribution in [0.4, 0.5) is 10.1 Å². The average molecular weight is 275 g/mol. The highest BCUT2D eigenvalue weighted by Gasteiger charge is 2.32. The highest BCUT2D eigenvalue weighted by Crippen LogP contribution is 2.18. The first-order chi connectivity index (χ1) is 9.72. The van der Waals surface area contributed by atoms with Gasteiger partial charge in [-0.2, -0.15) is 0 Å². The standard InChI is InChI=1S/C16H19FN2O/c17-12-4-6-13(7-5-12)18-15-10-14(11-16(15)20)19-8-2-1-3-9-19/h4-7,10,14,18H,1-3,8-9,11H2/p+1/t14-/m1/s1. The molecule has 0 aromatic heterocycles. The minimum absolute atomic E-state index is 0.164. The second-order valence-electron chi connectivity index (χ2n) is 5.66. The van der Waals surface area contributed by atoms with Crippen molar-refractivity contribution in [3.8, 4) is 0 Å². The Bertz CT molecular complexity index is 518. The normalized spacial score (nSPS) is 23.8. The zero-order valence-corrected chi connectivity index (χ0v) is 11.5. The maximum absolute atomic E-state index is 12.9. The van der Waals surface area contributed by atoms with Gasteiger partial charge in [-0.05, 0) is 43.5 Å². The monoisotopic (exact) mass is 275 g/mol. The SMILES string of the molecule is O=C1C[C@H]([NH+]2CCCCC2)C=C1Nc1ccc(F)cc1. The first-order valence-electron chi connectivity index (χ1n) is 7.34. The number of ketones is 1. The van der Waals surface area contributed by atoms with E-state index in [1.807, 2.05) is 0 Å². The van der Waals surface area contributed by atoms with E-state index in [-0.39, 0.29) is 11.6 Å². The predicted molar refractivity (Wildman–Crippen MR) is 76.1 cm³/mol. The smallest absolute Gasteiger partial charge is 0.185 e. The van der Waals surface area contributed by atoms with Crippen molar-refractivity contribution in [3.63, 3.8) is 0 Å². The maximum Gasteiger partial charge on any atom is 0.185 e. The van der Waals surface area contributed by atoms with Crippen LogP contribution in [0, 0.1) is 5.82 Å². The van der Waals surface area contributed by atoms with Crippen molar-refractivity contribution in [2.45, 2.75) is 31.7 Å². The summed E-state index contributed by atoms with van der Waals surface area (Å²) in [5.74, 6) is -0.102. The van der Waals surface area contributed by atoms with E-state index in [9.17, 15) is 9.18 Å². The fourth-order valence-corrected chi connectivity index (χ4v) is 3.10. The number of rotatable bonds is 3. The number of benzene rings is 1. The lowest BCUT2D eigenvalue weighted by atomic mass is 10.1. The van der Waals surface area contributed by atoms with Crippen LogP contribution in [0.2, 0.25) is 0 Å². The Hall–Kier alpha value is -1.68. The van der Waals surface area contributed by atoms with Gasteiger partial charge in [0.05, 0.1) is 25.2 Å². The second-order valence-corrected chi connectivity index (χ2v) is 5.66. The molecule has 1 aliphatic carbocycles. The van der Waals surface area contributed by atoms with Gasteiger partial charge in [-0.1, -0.05) is 0 Å². The van der Waals surface area contributed by atoms with Crippen LogP contribution in [0.3, 0.4) is 0 Å². The molecule has 2 N–H and O–H groups in total. The molecule has 1 saturated heterocycles. The van der Waals surface area contributed by atoms with Crippen LogP contribution in [-0.4, -0.2) is 24.9 Å². The number of nitrogens with one attached hydrogen (secondary N) is 2. The Kier molecular flexibility index (Phi) is 3.83. The first kappa shape index (κ1) is 13.3. The molecule has 1 atom stereocenters. The maximum atomic E-state index is 12.9. The van der Waals surface area contributed by atoms with E-state index in [1.165, 1.54) is 36.3 Å². The molecule has 0 bridgehead atoms. The number of carbonyl (C=O) groups excluding carboxylic acids is 1. The summed E-state index contributed by atoms with van der Waals surface area (Å²) in [4.78, 5) is 13.6. The number of halogens is 1.